The van der Waals surface area contributed by atoms with E-state index >= 15 is 0 Å². The Morgan fingerprint density at radius 3 is 2.69 bits per heavy atom. The van der Waals surface area contributed by atoms with Gasteiger partial charge in [0.05, 0.1) is 18.3 Å². The van der Waals surface area contributed by atoms with E-state index in [2.05, 4.69) is 33.3 Å². The summed E-state index contributed by atoms with van der Waals surface area (Å²) in [6.45, 7) is 0.942. The van der Waals surface area contributed by atoms with Gasteiger partial charge >= 0.3 is 0 Å². The van der Waals surface area contributed by atoms with Crippen molar-refractivity contribution in [3.63, 3.8) is 0 Å². The zero-order valence-electron chi connectivity index (χ0n) is 18.2. The number of aromatic hydroxyl groups is 1. The molecule has 5 rings (SSSR count). The molecule has 0 atom stereocenters. The van der Waals surface area contributed by atoms with Gasteiger partial charge in [-0.3, -0.25) is 14.3 Å². The minimum absolute atomic E-state index is 0.250. The maximum Gasteiger partial charge on any atom is 0.275 e. The van der Waals surface area contributed by atoms with Crippen LogP contribution in [0.15, 0.2) is 35.5 Å². The number of aromatic nitrogens is 4. The third kappa shape index (κ3) is 3.67. The second kappa shape index (κ2) is 8.41. The Hall–Kier alpha value is -3.16. The van der Waals surface area contributed by atoms with Crippen molar-refractivity contribution in [3.05, 3.63) is 52.2 Å². The van der Waals surface area contributed by atoms with Gasteiger partial charge in [-0.15, -0.1) is 0 Å². The van der Waals surface area contributed by atoms with Crippen LogP contribution in [0.5, 0.6) is 5.75 Å². The van der Waals surface area contributed by atoms with E-state index in [0.29, 0.717) is 13.1 Å². The fraction of sp³-hybridized carbons (Fsp3) is 0.500. The van der Waals surface area contributed by atoms with E-state index in [0.717, 1.165) is 63.4 Å². The molecule has 0 saturated heterocycles. The van der Waals surface area contributed by atoms with E-state index in [1.54, 1.807) is 4.68 Å². The maximum absolute atomic E-state index is 12.6. The molecule has 1 fully saturated rings. The first-order valence-corrected chi connectivity index (χ1v) is 11.6. The summed E-state index contributed by atoms with van der Waals surface area (Å²) in [4.78, 5) is 29.8. The number of hydrogen-bond donors (Lipinski definition) is 2. The van der Waals surface area contributed by atoms with Gasteiger partial charge in [-0.2, -0.15) is 5.10 Å². The zero-order valence-corrected chi connectivity index (χ0v) is 18.2. The number of pyridine rings is 1. The topological polar surface area (TPSA) is 102 Å². The lowest BCUT2D eigenvalue weighted by Gasteiger charge is -2.32. The molecule has 8 nitrogen and oxygen atoms in total. The van der Waals surface area contributed by atoms with Crippen molar-refractivity contribution in [3.8, 4) is 5.75 Å². The van der Waals surface area contributed by atoms with Gasteiger partial charge in [0.1, 0.15) is 5.65 Å². The van der Waals surface area contributed by atoms with Crippen LogP contribution in [-0.2, 0) is 18.5 Å². The zero-order chi connectivity index (χ0) is 22.1. The highest BCUT2D eigenvalue weighted by Crippen LogP contribution is 2.40. The molecule has 3 aromatic rings. The van der Waals surface area contributed by atoms with Crippen LogP contribution >= 0.6 is 0 Å². The van der Waals surface area contributed by atoms with E-state index in [9.17, 15) is 14.7 Å². The van der Waals surface area contributed by atoms with Crippen molar-refractivity contribution < 1.29 is 9.90 Å². The van der Waals surface area contributed by atoms with Gasteiger partial charge in [0.15, 0.2) is 11.4 Å². The molecule has 32 heavy (non-hydrogen) atoms. The van der Waals surface area contributed by atoms with Crippen LogP contribution in [0.4, 0.5) is 0 Å². The van der Waals surface area contributed by atoms with Gasteiger partial charge < -0.3 is 15.0 Å². The van der Waals surface area contributed by atoms with Gasteiger partial charge in [0, 0.05) is 24.3 Å². The normalized spacial score (nSPS) is 19.3. The second-order valence-electron chi connectivity index (χ2n) is 9.13. The van der Waals surface area contributed by atoms with Crippen LogP contribution in [0.25, 0.3) is 11.0 Å². The number of carbonyl (C=O) groups is 1. The number of fused-ring (bicyclic) bond motifs is 3. The molecule has 1 saturated carbocycles. The van der Waals surface area contributed by atoms with Crippen molar-refractivity contribution >= 4 is 16.9 Å². The molecular formula is C24H29N5O3. The molecular weight excluding hydrogens is 406 g/mol. The molecule has 2 aliphatic rings. The average Bonchev–Trinajstić information content (AvgIpc) is 3.43. The van der Waals surface area contributed by atoms with Gasteiger partial charge in [0.2, 0.25) is 0 Å². The van der Waals surface area contributed by atoms with E-state index in [1.165, 1.54) is 17.1 Å². The number of nitrogens with one attached hydrogen (secondary N) is 1. The monoisotopic (exact) mass is 435 g/mol. The van der Waals surface area contributed by atoms with Gasteiger partial charge in [-0.1, -0.05) is 25.7 Å². The fourth-order valence-corrected chi connectivity index (χ4v) is 5.34. The van der Waals surface area contributed by atoms with E-state index in [1.807, 2.05) is 6.20 Å². The van der Waals surface area contributed by atoms with E-state index in [-0.39, 0.29) is 11.2 Å². The molecule has 0 unspecified atom stereocenters. The lowest BCUT2D eigenvalue weighted by Crippen LogP contribution is -2.38. The average molecular weight is 436 g/mol. The molecule has 4 heterocycles. The summed E-state index contributed by atoms with van der Waals surface area (Å²) in [5.74, 6) is -0.977. The highest BCUT2D eigenvalue weighted by Gasteiger charge is 2.38. The van der Waals surface area contributed by atoms with Crippen LogP contribution in [0, 0.1) is 0 Å². The SMILES string of the molecule is O=C1NCCCCCCc2ccnc3c2ccn3C2(CCCC2)Cn2cc(O)c(=O)c1n2. The third-order valence-corrected chi connectivity index (χ3v) is 7.00. The molecule has 0 radical (unpaired) electrons. The van der Waals surface area contributed by atoms with E-state index in [4.69, 9.17) is 4.98 Å². The Morgan fingerprint density at radius 2 is 1.84 bits per heavy atom. The molecule has 2 N–H and O–H groups in total. The number of nitrogens with zero attached hydrogens (tertiary/aromatic N) is 4. The van der Waals surface area contributed by atoms with Crippen molar-refractivity contribution in [2.45, 2.75) is 69.9 Å². The minimum atomic E-state index is -0.727. The Balaban J connectivity index is 1.64. The summed E-state index contributed by atoms with van der Waals surface area (Å²) < 4.78 is 3.82. The first-order valence-electron chi connectivity index (χ1n) is 11.6. The highest BCUT2D eigenvalue weighted by atomic mass is 16.3. The predicted octanol–water partition coefficient (Wildman–Crippen LogP) is 3.11. The van der Waals surface area contributed by atoms with Crippen LogP contribution in [0.1, 0.15) is 67.4 Å². The highest BCUT2D eigenvalue weighted by molar-refractivity contribution is 5.92. The van der Waals surface area contributed by atoms with Crippen molar-refractivity contribution in [1.29, 1.82) is 0 Å². The Bertz CT molecular complexity index is 1210. The predicted molar refractivity (Wildman–Crippen MR) is 121 cm³/mol. The quantitative estimate of drug-likeness (QED) is 0.565. The molecule has 3 aromatic heterocycles. The molecule has 1 spiro atoms. The van der Waals surface area contributed by atoms with Gasteiger partial charge in [-0.05, 0) is 49.8 Å². The third-order valence-electron chi connectivity index (χ3n) is 7.00. The van der Waals surface area contributed by atoms with Crippen molar-refractivity contribution in [2.24, 2.45) is 0 Å². The Labute approximate surface area is 186 Å². The minimum Gasteiger partial charge on any atom is -0.503 e. The molecule has 168 valence electrons. The van der Waals surface area contributed by atoms with Crippen LogP contribution in [0.2, 0.25) is 0 Å². The van der Waals surface area contributed by atoms with Gasteiger partial charge in [-0.25, -0.2) is 4.98 Å². The summed E-state index contributed by atoms with van der Waals surface area (Å²) >= 11 is 0. The molecule has 0 aromatic carbocycles. The van der Waals surface area contributed by atoms with Crippen LogP contribution in [-0.4, -0.2) is 36.9 Å². The number of carbonyl (C=O) groups excluding carboxylic acids is 1. The lowest BCUT2D eigenvalue weighted by molar-refractivity contribution is 0.0942. The number of rotatable bonds is 0. The second-order valence-corrected chi connectivity index (χ2v) is 9.13. The largest absolute Gasteiger partial charge is 0.503 e. The number of aryl methyl sites for hydroxylation is 1. The fourth-order valence-electron chi connectivity index (χ4n) is 5.34. The Morgan fingerprint density at radius 1 is 1.03 bits per heavy atom. The van der Waals surface area contributed by atoms with Crippen molar-refractivity contribution in [2.75, 3.05) is 6.54 Å². The number of hydrogen-bond acceptors (Lipinski definition) is 5. The maximum atomic E-state index is 12.6. The Kier molecular flexibility index (Phi) is 5.45. The molecule has 6 bridgehead atoms. The molecule has 1 aliphatic heterocycles. The van der Waals surface area contributed by atoms with Crippen LogP contribution < -0.4 is 10.7 Å². The smallest absolute Gasteiger partial charge is 0.275 e. The first kappa shape index (κ1) is 20.7. The van der Waals surface area contributed by atoms with Crippen molar-refractivity contribution in [1.82, 2.24) is 24.6 Å². The molecule has 1 amide bonds. The summed E-state index contributed by atoms with van der Waals surface area (Å²) in [5, 5.41) is 18.6. The van der Waals surface area contributed by atoms with Gasteiger partial charge in [0.25, 0.3) is 11.3 Å². The van der Waals surface area contributed by atoms with Crippen LogP contribution in [0.3, 0.4) is 0 Å². The molecule has 8 heteroatoms. The summed E-state index contributed by atoms with van der Waals surface area (Å²) in [6.07, 6.45) is 14.4. The summed E-state index contributed by atoms with van der Waals surface area (Å²) in [6, 6.07) is 4.28. The standard InChI is InChI=1S/C24H29N5O3/c30-19-15-28-16-24(10-4-5-11-24)29-14-9-18-17(8-13-25-22(18)29)7-3-1-2-6-12-26-23(32)20(27-28)21(19)31/h8-9,13-15,30H,1-7,10-12,16H2,(H,26,32). The summed E-state index contributed by atoms with van der Waals surface area (Å²) in [7, 11) is 0. The molecule has 1 aliphatic carbocycles. The lowest BCUT2D eigenvalue weighted by atomic mass is 9.97. The van der Waals surface area contributed by atoms with E-state index < -0.39 is 17.1 Å². The number of amides is 1. The first-order chi connectivity index (χ1) is 15.6. The summed E-state index contributed by atoms with van der Waals surface area (Å²) in [5.41, 5.74) is 1.04.